The van der Waals surface area contributed by atoms with Crippen LogP contribution in [0, 0.1) is 124 Å². The van der Waals surface area contributed by atoms with Crippen LogP contribution in [0.4, 0.5) is 0 Å². The number of aliphatic hydroxyl groups excluding tert-OH is 10. The van der Waals surface area contributed by atoms with Gasteiger partial charge in [0.15, 0.2) is 0 Å². The first-order valence-corrected chi connectivity index (χ1v) is 34.5. The lowest BCUT2D eigenvalue weighted by Crippen LogP contribution is -2.34. The Labute approximate surface area is 553 Å². The normalized spacial score (nSPS) is 36.5. The van der Waals surface area contributed by atoms with E-state index in [1.807, 2.05) is 0 Å². The second-order valence-electron chi connectivity index (χ2n) is 28.9. The Kier molecular flexibility index (Phi) is 33.4. The molecule has 14 aliphatic rings. The van der Waals surface area contributed by atoms with Crippen molar-refractivity contribution in [2.75, 3.05) is 88.4 Å². The van der Waals surface area contributed by atoms with Gasteiger partial charge in [0.2, 0.25) is 0 Å². The molecule has 20 heteroatoms. The van der Waals surface area contributed by atoms with Gasteiger partial charge in [-0.1, -0.05) is 45.7 Å². The van der Waals surface area contributed by atoms with Crippen molar-refractivity contribution < 1.29 is 98.7 Å². The van der Waals surface area contributed by atoms with Gasteiger partial charge in [-0.2, -0.15) is 0 Å². The van der Waals surface area contributed by atoms with Gasteiger partial charge >= 0.3 is 29.8 Å². The fourth-order valence-corrected chi connectivity index (χ4v) is 20.0. The van der Waals surface area contributed by atoms with Gasteiger partial charge in [0.25, 0.3) is 0 Å². The number of carbonyl (C=O) groups is 5. The summed E-state index contributed by atoms with van der Waals surface area (Å²) in [5.41, 5.74) is 0.457. The highest BCUT2D eigenvalue weighted by Gasteiger charge is 2.63. The van der Waals surface area contributed by atoms with E-state index in [1.54, 1.807) is 12.8 Å². The van der Waals surface area contributed by atoms with E-state index in [2.05, 4.69) is 51.8 Å². The molecule has 14 fully saturated rings. The van der Waals surface area contributed by atoms with Gasteiger partial charge in [-0.25, -0.2) is 24.0 Å². The molecule has 14 rings (SSSR count). The van der Waals surface area contributed by atoms with Crippen molar-refractivity contribution in [1.82, 2.24) is 0 Å². The number of aliphatic hydroxyl groups is 10. The molecule has 0 aliphatic heterocycles. The van der Waals surface area contributed by atoms with Crippen molar-refractivity contribution in [3.05, 3.63) is 60.8 Å². The highest BCUT2D eigenvalue weighted by atomic mass is 16.5. The summed E-state index contributed by atoms with van der Waals surface area (Å²) in [5.74, 6) is 16.5. The first kappa shape index (κ1) is 79.3. The van der Waals surface area contributed by atoms with Crippen LogP contribution in [0.5, 0.6) is 0 Å². The SMILES string of the molecule is C=C(CO)C(=O)OC.C=C(CO)C(=O)OC.C=C(CO)C(=O)OC.C=C(CO)C(=O)OC.C=C(CO)C(=O)OCC1CC2CCC1C2.CO.OC1CC2CC1C1C3CCC(C3)C21.OC1CC2CCC1C2.OCC1CC2CC1C1C3CCC(C3)C21.OCC1CC2CCC1C2. The second-order valence-corrected chi connectivity index (χ2v) is 28.9. The third-order valence-corrected chi connectivity index (χ3v) is 24.1. The second kappa shape index (κ2) is 39.2. The maximum Gasteiger partial charge on any atom is 0.335 e. The largest absolute Gasteiger partial charge is 0.466 e. The predicted octanol–water partition coefficient (Wildman–Crippen LogP) is 6.88. The van der Waals surface area contributed by atoms with Crippen LogP contribution in [0.2, 0.25) is 0 Å². The van der Waals surface area contributed by atoms with E-state index >= 15 is 0 Å². The van der Waals surface area contributed by atoms with E-state index in [9.17, 15) is 39.3 Å². The van der Waals surface area contributed by atoms with Gasteiger partial charge < -0.3 is 74.7 Å². The number of carbonyl (C=O) groups excluding carboxylic acids is 5. The lowest BCUT2D eigenvalue weighted by atomic mass is 9.68. The Balaban J connectivity index is 0.000000192. The zero-order valence-corrected chi connectivity index (χ0v) is 56.6. The maximum absolute atomic E-state index is 11.3. The van der Waals surface area contributed by atoms with E-state index in [4.69, 9.17) is 40.5 Å². The molecule has 530 valence electrons. The average Bonchev–Trinajstić information content (AvgIpc) is 1.57. The van der Waals surface area contributed by atoms with Crippen LogP contribution in [0.25, 0.3) is 0 Å². The third-order valence-electron chi connectivity index (χ3n) is 24.1. The van der Waals surface area contributed by atoms with E-state index in [0.29, 0.717) is 43.5 Å². The minimum Gasteiger partial charge on any atom is -0.466 e. The molecule has 0 aromatic heterocycles. The Hall–Kier alpha value is -4.35. The molecular formula is C73H118O20. The monoisotopic (exact) mass is 1310 g/mol. The van der Waals surface area contributed by atoms with Crippen molar-refractivity contribution >= 4 is 29.8 Å². The highest BCUT2D eigenvalue weighted by Crippen LogP contribution is 2.69. The van der Waals surface area contributed by atoms with Crippen LogP contribution >= 0.6 is 0 Å². The average molecular weight is 1320 g/mol. The number of methoxy groups -OCH3 is 4. The number of rotatable bonds is 14. The lowest BCUT2D eigenvalue weighted by Gasteiger charge is -2.38. The number of fused-ring (bicyclic) bond motifs is 24. The van der Waals surface area contributed by atoms with E-state index in [0.717, 1.165) is 121 Å². The molecule has 0 spiro atoms. The van der Waals surface area contributed by atoms with Gasteiger partial charge in [0, 0.05) is 20.3 Å². The standard InChI is InChI=1S/C13H20O.C12H18O3.C12H18O.C8H14O.C7H12O.4C5H8O3.CH4O/c14-6-10-4-9-5-11(10)13-8-2-1-7(3-8)12(9)13;1-8(6-13)12(14)15-7-11-5-9-2-3-10(11)4-9;13-10-5-8-4-9(10)12-7-2-1-6(3-7)11(8)12;9-5-8-4-6-1-2-7(8)3-6;8-7-4-5-1-2-6(7)3-5;4*1-4(3-6)5(7)8-2;1-2/h7-14H,1-6H2;9-11,13H,1-7H2;6-13H,1-5H2;6-9H,1-5H2;5-8H,1-4H2;4*6H,1,3H2,2H3;2H,1H3. The fourth-order valence-electron chi connectivity index (χ4n) is 20.0. The van der Waals surface area contributed by atoms with Crippen molar-refractivity contribution in [1.29, 1.82) is 0 Å². The van der Waals surface area contributed by atoms with Gasteiger partial charge in [0.05, 0.1) is 108 Å². The predicted molar refractivity (Wildman–Crippen MR) is 349 cm³/mol. The molecule has 14 bridgehead atoms. The van der Waals surface area contributed by atoms with Crippen LogP contribution in [0.15, 0.2) is 60.8 Å². The van der Waals surface area contributed by atoms with Gasteiger partial charge in [-0.05, 0) is 253 Å². The molecular weight excluding hydrogens is 1200 g/mol. The maximum atomic E-state index is 11.3. The zero-order chi connectivity index (χ0) is 68.8. The molecule has 10 N–H and O–H groups in total. The highest BCUT2D eigenvalue weighted by molar-refractivity contribution is 5.89. The van der Waals surface area contributed by atoms with Crippen LogP contribution in [-0.2, 0) is 47.7 Å². The molecule has 23 atom stereocenters. The summed E-state index contributed by atoms with van der Waals surface area (Å²) < 4.78 is 22.0. The summed E-state index contributed by atoms with van der Waals surface area (Å²) in [6.07, 6.45) is 30.6. The molecule has 0 amide bonds. The van der Waals surface area contributed by atoms with E-state index in [-0.39, 0.29) is 73.1 Å². The molecule has 93 heavy (non-hydrogen) atoms. The Morgan fingerprint density at radius 1 is 0.323 bits per heavy atom. The summed E-state index contributed by atoms with van der Waals surface area (Å²) in [6, 6.07) is 0. The molecule has 14 aliphatic carbocycles. The van der Waals surface area contributed by atoms with Crippen LogP contribution in [0.1, 0.15) is 141 Å². The summed E-state index contributed by atoms with van der Waals surface area (Å²) in [4.78, 5) is 52.3. The zero-order valence-electron chi connectivity index (χ0n) is 56.6. The summed E-state index contributed by atoms with van der Waals surface area (Å²) >= 11 is 0. The molecule has 0 aromatic carbocycles. The minimum absolute atomic E-state index is 0.0764. The topological polar surface area (TPSA) is 334 Å². The fraction of sp³-hybridized carbons (Fsp3) is 0.795. The molecule has 0 saturated heterocycles. The Morgan fingerprint density at radius 3 is 0.957 bits per heavy atom. The summed E-state index contributed by atoms with van der Waals surface area (Å²) in [6.45, 7) is 16.1. The van der Waals surface area contributed by atoms with Crippen molar-refractivity contribution in [2.45, 2.75) is 153 Å². The lowest BCUT2D eigenvalue weighted by molar-refractivity contribution is -0.141. The Bertz CT molecular complexity index is 2270. The number of esters is 5. The van der Waals surface area contributed by atoms with E-state index in [1.165, 1.54) is 144 Å². The van der Waals surface area contributed by atoms with Gasteiger partial charge in [-0.3, -0.25) is 0 Å². The van der Waals surface area contributed by atoms with Gasteiger partial charge in [-0.15, -0.1) is 0 Å². The quantitative estimate of drug-likeness (QED) is 0.0366. The molecule has 0 aromatic rings. The number of ether oxygens (including phenoxy) is 5. The van der Waals surface area contributed by atoms with Crippen LogP contribution in [0.3, 0.4) is 0 Å². The first-order valence-electron chi connectivity index (χ1n) is 34.5. The molecule has 0 radical (unpaired) electrons. The molecule has 23 unspecified atom stereocenters. The minimum atomic E-state index is -0.563. The van der Waals surface area contributed by atoms with Gasteiger partial charge in [0.1, 0.15) is 0 Å². The van der Waals surface area contributed by atoms with Crippen LogP contribution in [-0.4, -0.2) is 182 Å². The Morgan fingerprint density at radius 2 is 0.656 bits per heavy atom. The van der Waals surface area contributed by atoms with Crippen LogP contribution < -0.4 is 0 Å². The molecule has 0 heterocycles. The summed E-state index contributed by atoms with van der Waals surface area (Å²) in [7, 11) is 5.96. The van der Waals surface area contributed by atoms with Crippen molar-refractivity contribution in [3.63, 3.8) is 0 Å². The molecule has 14 saturated carbocycles. The third kappa shape index (κ3) is 20.8. The van der Waals surface area contributed by atoms with E-state index < -0.39 is 29.8 Å². The number of hydrogen-bond acceptors (Lipinski definition) is 20. The smallest absolute Gasteiger partial charge is 0.335 e. The molecule has 20 nitrogen and oxygen atoms in total. The van der Waals surface area contributed by atoms with Crippen molar-refractivity contribution in [2.24, 2.45) is 124 Å². The first-order chi connectivity index (χ1) is 44.6. The number of hydrogen-bond donors (Lipinski definition) is 10. The summed E-state index contributed by atoms with van der Waals surface area (Å²) in [5, 5.41) is 86.0. The van der Waals surface area contributed by atoms with Crippen molar-refractivity contribution in [3.8, 4) is 0 Å².